The SMILES string of the molecule is Fc1ccc(C[PH](c2ccccc2)(c2ccccc2)c2ccc(OCCI)cc2)cc1. The van der Waals surface area contributed by atoms with E-state index >= 15 is 0 Å². The summed E-state index contributed by atoms with van der Waals surface area (Å²) in [5.74, 6) is 0.693. The standard InChI is InChI=1S/C27H25FIOP/c28-23-13-11-22(12-14-23)21-31(25-7-3-1-4-8-25,26-9-5-2-6-10-26)27-17-15-24(16-18-27)30-20-19-29/h1-18,31H,19-21H2. The van der Waals surface area contributed by atoms with Gasteiger partial charge in [-0.2, -0.15) is 0 Å². The van der Waals surface area contributed by atoms with Gasteiger partial charge in [0, 0.05) is 0 Å². The van der Waals surface area contributed by atoms with E-state index in [0.717, 1.165) is 21.9 Å². The topological polar surface area (TPSA) is 9.23 Å². The van der Waals surface area contributed by atoms with Crippen LogP contribution in [0.15, 0.2) is 109 Å². The van der Waals surface area contributed by atoms with Gasteiger partial charge in [0.1, 0.15) is 0 Å². The maximum atomic E-state index is 13.6. The first-order valence-corrected chi connectivity index (χ1v) is 14.1. The molecule has 1 nitrogen and oxygen atoms in total. The fourth-order valence-electron chi connectivity index (χ4n) is 4.15. The molecule has 158 valence electrons. The van der Waals surface area contributed by atoms with Gasteiger partial charge in [-0.15, -0.1) is 0 Å². The third kappa shape index (κ3) is 4.99. The zero-order chi connectivity index (χ0) is 21.5. The van der Waals surface area contributed by atoms with Crippen molar-refractivity contribution in [1.82, 2.24) is 0 Å². The first-order valence-electron chi connectivity index (χ1n) is 10.4. The van der Waals surface area contributed by atoms with E-state index in [0.29, 0.717) is 6.61 Å². The average molecular weight is 542 g/mol. The molecule has 0 heterocycles. The molecule has 0 saturated heterocycles. The van der Waals surface area contributed by atoms with Crippen molar-refractivity contribution in [2.45, 2.75) is 6.16 Å². The second-order valence-electron chi connectivity index (χ2n) is 7.50. The fraction of sp³-hybridized carbons (Fsp3) is 0.111. The monoisotopic (exact) mass is 542 g/mol. The zero-order valence-corrected chi connectivity index (χ0v) is 20.3. The molecule has 0 aliphatic rings. The molecule has 4 aromatic carbocycles. The van der Waals surface area contributed by atoms with E-state index in [-0.39, 0.29) is 5.82 Å². The van der Waals surface area contributed by atoms with E-state index in [1.807, 2.05) is 12.1 Å². The van der Waals surface area contributed by atoms with Crippen LogP contribution in [0.5, 0.6) is 5.75 Å². The molecule has 31 heavy (non-hydrogen) atoms. The maximum absolute atomic E-state index is 13.6. The first kappa shape index (κ1) is 22.0. The summed E-state index contributed by atoms with van der Waals surface area (Å²) in [6, 6.07) is 37.1. The molecule has 0 saturated carbocycles. The van der Waals surface area contributed by atoms with E-state index in [1.54, 1.807) is 12.1 Å². The van der Waals surface area contributed by atoms with E-state index in [9.17, 15) is 4.39 Å². The van der Waals surface area contributed by atoms with Crippen molar-refractivity contribution in [3.63, 3.8) is 0 Å². The summed E-state index contributed by atoms with van der Waals surface area (Å²) in [6.45, 7) is 0.704. The molecule has 0 spiro atoms. The van der Waals surface area contributed by atoms with Gasteiger partial charge in [-0.25, -0.2) is 0 Å². The van der Waals surface area contributed by atoms with Gasteiger partial charge in [0.2, 0.25) is 0 Å². The van der Waals surface area contributed by atoms with Gasteiger partial charge in [0.15, 0.2) is 0 Å². The van der Waals surface area contributed by atoms with Gasteiger partial charge >= 0.3 is 198 Å². The van der Waals surface area contributed by atoms with Crippen LogP contribution in [0.3, 0.4) is 0 Å². The van der Waals surface area contributed by atoms with Crippen molar-refractivity contribution in [2.24, 2.45) is 0 Å². The van der Waals surface area contributed by atoms with Gasteiger partial charge < -0.3 is 0 Å². The Morgan fingerprint density at radius 1 is 0.645 bits per heavy atom. The fourth-order valence-corrected chi connectivity index (χ4v) is 9.09. The van der Waals surface area contributed by atoms with Gasteiger partial charge in [-0.05, 0) is 0 Å². The Labute approximate surface area is 197 Å². The number of hydrogen-bond donors (Lipinski definition) is 0. The summed E-state index contributed by atoms with van der Waals surface area (Å²) in [6.07, 6.45) is 0.856. The summed E-state index contributed by atoms with van der Waals surface area (Å²) < 4.78 is 20.4. The van der Waals surface area contributed by atoms with Crippen LogP contribution in [-0.4, -0.2) is 11.0 Å². The third-order valence-corrected chi connectivity index (χ3v) is 10.9. The molecule has 0 N–H and O–H groups in total. The van der Waals surface area contributed by atoms with Crippen molar-refractivity contribution in [1.29, 1.82) is 0 Å². The van der Waals surface area contributed by atoms with E-state index < -0.39 is 7.26 Å². The molecule has 0 fully saturated rings. The summed E-state index contributed by atoms with van der Waals surface area (Å²) in [5, 5.41) is 3.99. The van der Waals surface area contributed by atoms with Crippen molar-refractivity contribution in [2.75, 3.05) is 11.0 Å². The van der Waals surface area contributed by atoms with Crippen molar-refractivity contribution < 1.29 is 9.13 Å². The van der Waals surface area contributed by atoms with E-state index in [1.165, 1.54) is 15.9 Å². The molecule has 4 heteroatoms. The van der Waals surface area contributed by atoms with Gasteiger partial charge in [-0.3, -0.25) is 0 Å². The number of halogens is 2. The Hall–Kier alpha value is -2.23. The van der Waals surface area contributed by atoms with E-state index in [2.05, 4.69) is 108 Å². The van der Waals surface area contributed by atoms with Crippen LogP contribution in [0.2, 0.25) is 0 Å². The van der Waals surface area contributed by atoms with Crippen molar-refractivity contribution in [3.8, 4) is 5.75 Å². The van der Waals surface area contributed by atoms with Crippen LogP contribution in [0.4, 0.5) is 4.39 Å². The minimum absolute atomic E-state index is 0.202. The van der Waals surface area contributed by atoms with Crippen LogP contribution in [-0.2, 0) is 6.16 Å². The van der Waals surface area contributed by atoms with Gasteiger partial charge in [-0.1, -0.05) is 0 Å². The molecule has 0 aliphatic heterocycles. The summed E-state index contributed by atoms with van der Waals surface area (Å²) in [7, 11) is -2.42. The van der Waals surface area contributed by atoms with Crippen molar-refractivity contribution >= 4 is 45.8 Å². The Bertz CT molecular complexity index is 1040. The molecule has 4 rings (SSSR count). The van der Waals surface area contributed by atoms with Crippen LogP contribution in [0.1, 0.15) is 5.56 Å². The minimum atomic E-state index is -2.42. The van der Waals surface area contributed by atoms with Gasteiger partial charge in [0.05, 0.1) is 0 Å². The first-order chi connectivity index (χ1) is 15.2. The van der Waals surface area contributed by atoms with Crippen LogP contribution < -0.4 is 20.7 Å². The Morgan fingerprint density at radius 3 is 1.68 bits per heavy atom. The molecule has 4 aromatic rings. The molecule has 0 amide bonds. The zero-order valence-electron chi connectivity index (χ0n) is 17.2. The van der Waals surface area contributed by atoms with Crippen LogP contribution >= 0.6 is 29.9 Å². The molecule has 0 aliphatic carbocycles. The number of alkyl halides is 1. The van der Waals surface area contributed by atoms with Crippen LogP contribution in [0.25, 0.3) is 0 Å². The number of ether oxygens (including phenoxy) is 1. The van der Waals surface area contributed by atoms with Gasteiger partial charge in [0.25, 0.3) is 0 Å². The summed E-state index contributed by atoms with van der Waals surface area (Å²) in [5.41, 5.74) is 1.14. The normalized spacial score (nSPS) is 11.8. The average Bonchev–Trinajstić information content (AvgIpc) is 2.84. The Kier molecular flexibility index (Phi) is 7.37. The molecular formula is C27H25FIOP. The predicted octanol–water partition coefficient (Wildman–Crippen LogP) is 5.87. The van der Waals surface area contributed by atoms with Crippen LogP contribution in [0, 0.1) is 5.82 Å². The molecule has 0 bridgehead atoms. The quantitative estimate of drug-likeness (QED) is 0.154. The second-order valence-corrected chi connectivity index (χ2v) is 12.5. The molecule has 0 atom stereocenters. The van der Waals surface area contributed by atoms with E-state index in [4.69, 9.17) is 4.74 Å². The molecular weight excluding hydrogens is 517 g/mol. The number of rotatable bonds is 8. The Morgan fingerprint density at radius 2 is 1.16 bits per heavy atom. The molecule has 0 aromatic heterocycles. The predicted molar refractivity (Wildman–Crippen MR) is 141 cm³/mol. The molecule has 0 radical (unpaired) electrons. The summed E-state index contributed by atoms with van der Waals surface area (Å²) in [4.78, 5) is 0. The Balaban J connectivity index is 1.90. The number of hydrogen-bond acceptors (Lipinski definition) is 1. The van der Waals surface area contributed by atoms with Crippen molar-refractivity contribution in [3.05, 3.63) is 121 Å². The number of benzene rings is 4. The summed E-state index contributed by atoms with van der Waals surface area (Å²) >= 11 is 2.32. The molecule has 0 unspecified atom stereocenters. The second kappa shape index (κ2) is 10.4. The third-order valence-electron chi connectivity index (χ3n) is 5.61.